The number of carbonyl (C=O) groups is 1. The predicted octanol–water partition coefficient (Wildman–Crippen LogP) is 1.19. The van der Waals surface area contributed by atoms with Gasteiger partial charge in [0, 0.05) is 12.5 Å². The third-order valence-electron chi connectivity index (χ3n) is 2.95. The predicted molar refractivity (Wildman–Crippen MR) is 75.0 cm³/mol. The van der Waals surface area contributed by atoms with Gasteiger partial charge in [-0.25, -0.2) is 0 Å². The van der Waals surface area contributed by atoms with E-state index in [2.05, 4.69) is 39.8 Å². The minimum atomic E-state index is 0.0565. The third kappa shape index (κ3) is 4.82. The second-order valence-corrected chi connectivity index (χ2v) is 5.15. The Morgan fingerprint density at radius 1 is 1.32 bits per heavy atom. The topological polar surface area (TPSA) is 70.2 Å². The van der Waals surface area contributed by atoms with Gasteiger partial charge in [0.05, 0.1) is 0 Å². The zero-order chi connectivity index (χ0) is 13.7. The van der Waals surface area contributed by atoms with E-state index in [-0.39, 0.29) is 11.8 Å². The van der Waals surface area contributed by atoms with Crippen molar-refractivity contribution in [2.24, 2.45) is 5.92 Å². The van der Waals surface area contributed by atoms with E-state index in [1.165, 1.54) is 0 Å². The fourth-order valence-corrected chi connectivity index (χ4v) is 1.68. The molecule has 2 N–H and O–H groups in total. The molecule has 1 heterocycles. The molecule has 1 aromatic heterocycles. The van der Waals surface area contributed by atoms with Crippen molar-refractivity contribution in [1.82, 2.24) is 15.1 Å². The second-order valence-electron chi connectivity index (χ2n) is 5.15. The normalized spacial score (nSPS) is 14.5. The molecular formula is C13H21N5O. The lowest BCUT2D eigenvalue weighted by atomic mass is 10.4. The van der Waals surface area contributed by atoms with Crippen LogP contribution in [-0.2, 0) is 4.79 Å². The molecule has 0 bridgehead atoms. The van der Waals surface area contributed by atoms with E-state index in [4.69, 9.17) is 0 Å². The Bertz CT molecular complexity index is 414. The van der Waals surface area contributed by atoms with Crippen LogP contribution in [0.4, 0.5) is 11.6 Å². The van der Waals surface area contributed by atoms with Crippen molar-refractivity contribution in [2.45, 2.75) is 19.3 Å². The van der Waals surface area contributed by atoms with E-state index in [1.54, 1.807) is 6.07 Å². The van der Waals surface area contributed by atoms with Crippen LogP contribution in [-0.4, -0.2) is 48.2 Å². The van der Waals surface area contributed by atoms with Gasteiger partial charge in [0.15, 0.2) is 5.82 Å². The van der Waals surface area contributed by atoms with Crippen LogP contribution in [0.25, 0.3) is 0 Å². The van der Waals surface area contributed by atoms with Crippen molar-refractivity contribution in [3.63, 3.8) is 0 Å². The van der Waals surface area contributed by atoms with Crippen molar-refractivity contribution in [3.8, 4) is 0 Å². The largest absolute Gasteiger partial charge is 0.369 e. The molecule has 0 atom stereocenters. The Hall–Kier alpha value is -1.69. The molecule has 1 saturated carbocycles. The highest BCUT2D eigenvalue weighted by atomic mass is 16.2. The Morgan fingerprint density at radius 2 is 2.00 bits per heavy atom. The first-order valence-corrected chi connectivity index (χ1v) is 6.68. The average Bonchev–Trinajstić information content (AvgIpc) is 3.20. The van der Waals surface area contributed by atoms with Gasteiger partial charge in [-0.05, 0) is 52.0 Å². The summed E-state index contributed by atoms with van der Waals surface area (Å²) in [7, 11) is 4.11. The van der Waals surface area contributed by atoms with Gasteiger partial charge in [-0.2, -0.15) is 0 Å². The van der Waals surface area contributed by atoms with E-state index in [1.807, 2.05) is 6.07 Å². The van der Waals surface area contributed by atoms with Crippen LogP contribution in [0.1, 0.15) is 19.3 Å². The average molecular weight is 263 g/mol. The first-order valence-electron chi connectivity index (χ1n) is 6.68. The number of amides is 1. The summed E-state index contributed by atoms with van der Waals surface area (Å²) >= 11 is 0. The smallest absolute Gasteiger partial charge is 0.228 e. The summed E-state index contributed by atoms with van der Waals surface area (Å²) in [5.41, 5.74) is 0. The van der Waals surface area contributed by atoms with E-state index < -0.39 is 0 Å². The molecule has 0 saturated heterocycles. The van der Waals surface area contributed by atoms with Crippen LogP contribution >= 0.6 is 0 Å². The molecule has 0 unspecified atom stereocenters. The van der Waals surface area contributed by atoms with Crippen LogP contribution in [0.2, 0.25) is 0 Å². The number of nitrogens with zero attached hydrogens (tertiary/aromatic N) is 3. The summed E-state index contributed by atoms with van der Waals surface area (Å²) < 4.78 is 0. The number of aromatic nitrogens is 2. The summed E-state index contributed by atoms with van der Waals surface area (Å²) in [5.74, 6) is 1.51. The highest BCUT2D eigenvalue weighted by Gasteiger charge is 2.29. The number of hydrogen-bond donors (Lipinski definition) is 2. The summed E-state index contributed by atoms with van der Waals surface area (Å²) in [4.78, 5) is 13.7. The van der Waals surface area contributed by atoms with Crippen LogP contribution in [0, 0.1) is 5.92 Å². The second kappa shape index (κ2) is 6.47. The van der Waals surface area contributed by atoms with E-state index in [9.17, 15) is 4.79 Å². The van der Waals surface area contributed by atoms with E-state index >= 15 is 0 Å². The van der Waals surface area contributed by atoms with Gasteiger partial charge in [0.2, 0.25) is 5.91 Å². The standard InChI is InChI=1S/C13H21N5O/c1-18(2)9-3-8-14-11-6-7-12(17-16-11)15-13(19)10-4-5-10/h6-7,10H,3-5,8-9H2,1-2H3,(H,14,16)(H,15,17,19). The van der Waals surface area contributed by atoms with Crippen LogP contribution in [0.3, 0.4) is 0 Å². The monoisotopic (exact) mass is 263 g/mol. The molecule has 6 nitrogen and oxygen atoms in total. The Balaban J connectivity index is 1.72. The molecule has 0 aliphatic heterocycles. The molecule has 1 aliphatic rings. The summed E-state index contributed by atoms with van der Waals surface area (Å²) in [6.45, 7) is 1.90. The molecular weight excluding hydrogens is 242 g/mol. The van der Waals surface area contributed by atoms with Crippen molar-refractivity contribution >= 4 is 17.5 Å². The zero-order valence-electron chi connectivity index (χ0n) is 11.5. The van der Waals surface area contributed by atoms with Gasteiger partial charge in [0.25, 0.3) is 0 Å². The maximum Gasteiger partial charge on any atom is 0.228 e. The Kier molecular flexibility index (Phi) is 4.68. The molecule has 104 valence electrons. The van der Waals surface area contributed by atoms with E-state index in [0.717, 1.165) is 38.2 Å². The molecule has 6 heteroatoms. The van der Waals surface area contributed by atoms with Gasteiger partial charge in [0.1, 0.15) is 5.82 Å². The Morgan fingerprint density at radius 3 is 2.58 bits per heavy atom. The van der Waals surface area contributed by atoms with Gasteiger partial charge < -0.3 is 15.5 Å². The van der Waals surface area contributed by atoms with Crippen molar-refractivity contribution in [1.29, 1.82) is 0 Å². The fourth-order valence-electron chi connectivity index (χ4n) is 1.68. The van der Waals surface area contributed by atoms with Crippen molar-refractivity contribution in [2.75, 3.05) is 37.8 Å². The minimum Gasteiger partial charge on any atom is -0.369 e. The van der Waals surface area contributed by atoms with Crippen molar-refractivity contribution in [3.05, 3.63) is 12.1 Å². The van der Waals surface area contributed by atoms with Gasteiger partial charge in [-0.3, -0.25) is 4.79 Å². The number of rotatable bonds is 7. The van der Waals surface area contributed by atoms with Crippen molar-refractivity contribution < 1.29 is 4.79 Å². The maximum absolute atomic E-state index is 11.5. The van der Waals surface area contributed by atoms with Crippen LogP contribution in [0.15, 0.2) is 12.1 Å². The lowest BCUT2D eigenvalue weighted by Gasteiger charge is -2.10. The van der Waals surface area contributed by atoms with E-state index in [0.29, 0.717) is 5.82 Å². The number of carbonyl (C=O) groups excluding carboxylic acids is 1. The number of nitrogens with one attached hydrogen (secondary N) is 2. The van der Waals surface area contributed by atoms with Crippen LogP contribution in [0.5, 0.6) is 0 Å². The quantitative estimate of drug-likeness (QED) is 0.723. The number of hydrogen-bond acceptors (Lipinski definition) is 5. The van der Waals surface area contributed by atoms with Crippen LogP contribution < -0.4 is 10.6 Å². The van der Waals surface area contributed by atoms with Gasteiger partial charge in [-0.1, -0.05) is 0 Å². The SMILES string of the molecule is CN(C)CCCNc1ccc(NC(=O)C2CC2)nn1. The molecule has 0 spiro atoms. The third-order valence-corrected chi connectivity index (χ3v) is 2.95. The summed E-state index contributed by atoms with van der Waals surface area (Å²) in [6.07, 6.45) is 3.03. The molecule has 1 fully saturated rings. The fraction of sp³-hybridized carbons (Fsp3) is 0.615. The van der Waals surface area contributed by atoms with Gasteiger partial charge >= 0.3 is 0 Å². The molecule has 1 aliphatic carbocycles. The molecule has 1 aromatic rings. The lowest BCUT2D eigenvalue weighted by molar-refractivity contribution is -0.117. The molecule has 0 aromatic carbocycles. The highest BCUT2D eigenvalue weighted by molar-refractivity contribution is 5.93. The molecule has 2 rings (SSSR count). The molecule has 19 heavy (non-hydrogen) atoms. The zero-order valence-corrected chi connectivity index (χ0v) is 11.5. The maximum atomic E-state index is 11.5. The summed E-state index contributed by atoms with van der Waals surface area (Å²) in [6, 6.07) is 3.62. The number of anilines is 2. The highest BCUT2D eigenvalue weighted by Crippen LogP contribution is 2.29. The molecule has 0 radical (unpaired) electrons. The first kappa shape index (κ1) is 13.7. The molecule has 1 amide bonds. The minimum absolute atomic E-state index is 0.0565. The van der Waals surface area contributed by atoms with Gasteiger partial charge in [-0.15, -0.1) is 10.2 Å². The lowest BCUT2D eigenvalue weighted by Crippen LogP contribution is -2.17. The Labute approximate surface area is 113 Å². The summed E-state index contributed by atoms with van der Waals surface area (Å²) in [5, 5.41) is 14.0. The first-order chi connectivity index (χ1) is 9.15.